The number of hydrogen-bond donors (Lipinski definition) is 0. The van der Waals surface area contributed by atoms with Gasteiger partial charge in [0.2, 0.25) is 0 Å². The zero-order valence-electron chi connectivity index (χ0n) is 16.3. The number of allylic oxidation sites excluding steroid dienone is 1. The van der Waals surface area contributed by atoms with E-state index in [0.29, 0.717) is 33.4 Å². The van der Waals surface area contributed by atoms with Crippen LogP contribution in [0.15, 0.2) is 99.9 Å². The minimum absolute atomic E-state index is 0.133. The second-order valence-corrected chi connectivity index (χ2v) is 7.45. The van der Waals surface area contributed by atoms with Crippen LogP contribution in [0.2, 0.25) is 5.02 Å². The highest BCUT2D eigenvalue weighted by Crippen LogP contribution is 2.29. The van der Waals surface area contributed by atoms with Gasteiger partial charge in [-0.25, -0.2) is 0 Å². The van der Waals surface area contributed by atoms with Gasteiger partial charge in [0, 0.05) is 21.7 Å². The van der Waals surface area contributed by atoms with E-state index in [9.17, 15) is 4.79 Å². The van der Waals surface area contributed by atoms with Crippen molar-refractivity contribution in [2.75, 3.05) is 0 Å². The molecule has 150 valence electrons. The van der Waals surface area contributed by atoms with Crippen LogP contribution < -0.4 is 0 Å². The van der Waals surface area contributed by atoms with Crippen molar-refractivity contribution in [1.82, 2.24) is 5.16 Å². The second-order valence-electron chi connectivity index (χ2n) is 7.02. The highest BCUT2D eigenvalue weighted by molar-refractivity contribution is 6.30. The summed E-state index contributed by atoms with van der Waals surface area (Å²) < 4.78 is 11.3. The Bertz CT molecular complexity index is 1400. The van der Waals surface area contributed by atoms with Gasteiger partial charge in [0.15, 0.2) is 11.5 Å². The van der Waals surface area contributed by atoms with Crippen molar-refractivity contribution in [2.24, 2.45) is 0 Å². The molecule has 0 amide bonds. The van der Waals surface area contributed by atoms with Crippen LogP contribution in [-0.4, -0.2) is 10.9 Å². The van der Waals surface area contributed by atoms with Gasteiger partial charge < -0.3 is 8.94 Å². The van der Waals surface area contributed by atoms with Gasteiger partial charge in [-0.1, -0.05) is 47.1 Å². The Hall–Kier alpha value is -3.89. The van der Waals surface area contributed by atoms with Crippen LogP contribution in [0.3, 0.4) is 0 Å². The molecule has 0 saturated heterocycles. The summed E-state index contributed by atoms with van der Waals surface area (Å²) in [6.07, 6.45) is 3.17. The van der Waals surface area contributed by atoms with Gasteiger partial charge in [0.1, 0.15) is 17.0 Å². The standard InChI is InChI=1S/C26H16ClNO3/c27-20-9-6-17(7-10-20)25-15-12-21(30-25)11-14-24(29)19-8-13-23-22(16-19)26(31-28-23)18-4-2-1-3-5-18/h1-16H. The van der Waals surface area contributed by atoms with Crippen LogP contribution in [0.1, 0.15) is 16.1 Å². The lowest BCUT2D eigenvalue weighted by Crippen LogP contribution is -1.93. The van der Waals surface area contributed by atoms with Crippen molar-refractivity contribution in [3.05, 3.63) is 107 Å². The fourth-order valence-electron chi connectivity index (χ4n) is 3.36. The predicted molar refractivity (Wildman–Crippen MR) is 122 cm³/mol. The maximum atomic E-state index is 12.8. The summed E-state index contributed by atoms with van der Waals surface area (Å²) in [6.45, 7) is 0. The fraction of sp³-hybridized carbons (Fsp3) is 0. The third-order valence-electron chi connectivity index (χ3n) is 4.95. The number of aromatic nitrogens is 1. The summed E-state index contributed by atoms with van der Waals surface area (Å²) in [7, 11) is 0. The van der Waals surface area contributed by atoms with E-state index in [0.717, 1.165) is 16.5 Å². The molecule has 0 saturated carbocycles. The van der Waals surface area contributed by atoms with Crippen molar-refractivity contribution in [3.63, 3.8) is 0 Å². The van der Waals surface area contributed by atoms with Gasteiger partial charge in [-0.05, 0) is 66.7 Å². The molecular weight excluding hydrogens is 410 g/mol. The Balaban J connectivity index is 1.39. The zero-order valence-corrected chi connectivity index (χ0v) is 17.0. The first kappa shape index (κ1) is 19.1. The first-order valence-electron chi connectivity index (χ1n) is 9.70. The number of carbonyl (C=O) groups is 1. The number of fused-ring (bicyclic) bond motifs is 1. The molecule has 3 aromatic carbocycles. The maximum absolute atomic E-state index is 12.8. The smallest absolute Gasteiger partial charge is 0.185 e. The lowest BCUT2D eigenvalue weighted by atomic mass is 10.0. The Morgan fingerprint density at radius 3 is 2.48 bits per heavy atom. The molecule has 2 heterocycles. The minimum Gasteiger partial charge on any atom is -0.457 e. The van der Waals surface area contributed by atoms with E-state index in [4.69, 9.17) is 20.5 Å². The van der Waals surface area contributed by atoms with E-state index >= 15 is 0 Å². The van der Waals surface area contributed by atoms with Crippen LogP contribution in [-0.2, 0) is 0 Å². The van der Waals surface area contributed by atoms with E-state index in [2.05, 4.69) is 5.16 Å². The third-order valence-corrected chi connectivity index (χ3v) is 5.20. The monoisotopic (exact) mass is 425 g/mol. The summed E-state index contributed by atoms with van der Waals surface area (Å²) >= 11 is 5.93. The highest BCUT2D eigenvalue weighted by Gasteiger charge is 2.13. The van der Waals surface area contributed by atoms with Gasteiger partial charge in [-0.15, -0.1) is 0 Å². The molecule has 0 aliphatic rings. The Labute approximate surface area is 183 Å². The molecular formula is C26H16ClNO3. The lowest BCUT2D eigenvalue weighted by molar-refractivity contribution is 0.104. The number of benzene rings is 3. The van der Waals surface area contributed by atoms with Gasteiger partial charge in [-0.3, -0.25) is 4.79 Å². The Morgan fingerprint density at radius 2 is 1.68 bits per heavy atom. The molecule has 31 heavy (non-hydrogen) atoms. The van der Waals surface area contributed by atoms with Crippen LogP contribution in [0, 0.1) is 0 Å². The van der Waals surface area contributed by atoms with Gasteiger partial charge in [-0.2, -0.15) is 0 Å². The number of carbonyl (C=O) groups excluding carboxylic acids is 1. The molecule has 0 bridgehead atoms. The Morgan fingerprint density at radius 1 is 0.871 bits per heavy atom. The van der Waals surface area contributed by atoms with E-state index < -0.39 is 0 Å². The van der Waals surface area contributed by atoms with Crippen molar-refractivity contribution >= 4 is 34.4 Å². The minimum atomic E-state index is -0.133. The molecule has 5 heteroatoms. The molecule has 0 atom stereocenters. The average Bonchev–Trinajstić information content (AvgIpc) is 3.45. The van der Waals surface area contributed by atoms with Crippen LogP contribution >= 0.6 is 11.6 Å². The molecule has 0 N–H and O–H groups in total. The number of hydrogen-bond acceptors (Lipinski definition) is 4. The largest absolute Gasteiger partial charge is 0.457 e. The van der Waals surface area contributed by atoms with E-state index in [1.165, 1.54) is 6.08 Å². The van der Waals surface area contributed by atoms with Gasteiger partial charge >= 0.3 is 0 Å². The van der Waals surface area contributed by atoms with Gasteiger partial charge in [0.25, 0.3) is 0 Å². The summed E-state index contributed by atoms with van der Waals surface area (Å²) in [4.78, 5) is 12.8. The molecule has 0 aliphatic heterocycles. The normalized spacial score (nSPS) is 11.4. The van der Waals surface area contributed by atoms with Gasteiger partial charge in [0.05, 0.1) is 5.39 Å². The van der Waals surface area contributed by atoms with Crippen LogP contribution in [0.5, 0.6) is 0 Å². The summed E-state index contributed by atoms with van der Waals surface area (Å²) in [5.74, 6) is 1.82. The summed E-state index contributed by atoms with van der Waals surface area (Å²) in [5.41, 5.74) is 3.09. The molecule has 0 aliphatic carbocycles. The second kappa shape index (κ2) is 8.09. The van der Waals surface area contributed by atoms with E-state index in [-0.39, 0.29) is 5.78 Å². The van der Waals surface area contributed by atoms with E-state index in [1.54, 1.807) is 18.2 Å². The predicted octanol–water partition coefficient (Wildman–Crippen LogP) is 7.30. The number of halogens is 1. The number of ketones is 1. The lowest BCUT2D eigenvalue weighted by Gasteiger charge is -1.99. The molecule has 0 unspecified atom stereocenters. The average molecular weight is 426 g/mol. The van der Waals surface area contributed by atoms with E-state index in [1.807, 2.05) is 72.8 Å². The number of nitrogens with zero attached hydrogens (tertiary/aromatic N) is 1. The summed E-state index contributed by atoms with van der Waals surface area (Å²) in [6, 6.07) is 26.1. The molecule has 2 aromatic heterocycles. The molecule has 0 spiro atoms. The molecule has 4 nitrogen and oxygen atoms in total. The quantitative estimate of drug-likeness (QED) is 0.219. The van der Waals surface area contributed by atoms with Crippen molar-refractivity contribution in [1.29, 1.82) is 0 Å². The highest BCUT2D eigenvalue weighted by atomic mass is 35.5. The topological polar surface area (TPSA) is 56.2 Å². The van der Waals surface area contributed by atoms with Crippen molar-refractivity contribution in [3.8, 4) is 22.6 Å². The van der Waals surface area contributed by atoms with Crippen molar-refractivity contribution < 1.29 is 13.7 Å². The molecule has 0 fully saturated rings. The van der Waals surface area contributed by atoms with Crippen molar-refractivity contribution in [2.45, 2.75) is 0 Å². The van der Waals surface area contributed by atoms with Crippen LogP contribution in [0.25, 0.3) is 39.6 Å². The first-order chi connectivity index (χ1) is 15.2. The first-order valence-corrected chi connectivity index (χ1v) is 10.1. The number of furan rings is 1. The van der Waals surface area contributed by atoms with Crippen LogP contribution in [0.4, 0.5) is 0 Å². The maximum Gasteiger partial charge on any atom is 0.185 e. The third kappa shape index (κ3) is 3.93. The molecule has 0 radical (unpaired) electrons. The fourth-order valence-corrected chi connectivity index (χ4v) is 3.48. The molecule has 5 aromatic rings. The number of rotatable bonds is 5. The summed E-state index contributed by atoms with van der Waals surface area (Å²) in [5, 5.41) is 5.57. The Kier molecular flexibility index (Phi) is 4.98. The zero-order chi connectivity index (χ0) is 21.2. The molecule has 5 rings (SSSR count). The SMILES string of the molecule is O=C(C=Cc1ccc(-c2ccc(Cl)cc2)o1)c1ccc2noc(-c3ccccc3)c2c1.